The molecule has 4 aromatic rings. The maximum Gasteiger partial charge on any atom is 0.216 e. The van der Waals surface area contributed by atoms with Crippen LogP contribution < -0.4 is 0 Å². The van der Waals surface area contributed by atoms with Crippen LogP contribution in [0.15, 0.2) is 95.0 Å². The van der Waals surface area contributed by atoms with Crippen molar-refractivity contribution in [1.29, 1.82) is 0 Å². The van der Waals surface area contributed by atoms with Crippen molar-refractivity contribution in [3.05, 3.63) is 115 Å². The van der Waals surface area contributed by atoms with E-state index in [4.69, 9.17) is 15.4 Å². The van der Waals surface area contributed by atoms with Crippen LogP contribution in [0.5, 0.6) is 0 Å². The van der Waals surface area contributed by atoms with Crippen molar-refractivity contribution in [2.24, 2.45) is 4.99 Å². The summed E-state index contributed by atoms with van der Waals surface area (Å²) in [5, 5.41) is 1.21. The van der Waals surface area contributed by atoms with Gasteiger partial charge in [0, 0.05) is 53.2 Å². The van der Waals surface area contributed by atoms with Crippen molar-refractivity contribution in [2.75, 3.05) is 0 Å². The molecule has 1 aliphatic carbocycles. The second-order valence-corrected chi connectivity index (χ2v) is 7.05. The fraction of sp³-hybridized carbons (Fsp3) is 0.103. The van der Waals surface area contributed by atoms with E-state index in [1.807, 2.05) is 24.4 Å². The van der Waals surface area contributed by atoms with Crippen LogP contribution >= 0.6 is 0 Å². The normalized spacial score (nSPS) is 17.9. The smallest absolute Gasteiger partial charge is 0.216 e. The zero-order valence-electron chi connectivity index (χ0n) is 26.0. The molecule has 0 atom stereocenters. The number of hydrogen-bond acceptors (Lipinski definition) is 4. The fourth-order valence-electron chi connectivity index (χ4n) is 3.25. The first-order valence-electron chi connectivity index (χ1n) is 14.3. The number of allylic oxidation sites excluding steroid dienone is 5. The van der Waals surface area contributed by atoms with Gasteiger partial charge in [0.15, 0.2) is 0 Å². The van der Waals surface area contributed by atoms with Gasteiger partial charge in [-0.3, -0.25) is 0 Å². The summed E-state index contributed by atoms with van der Waals surface area (Å²) in [5.74, 6) is 0. The number of rotatable bonds is 4. The van der Waals surface area contributed by atoms with Gasteiger partial charge in [-0.1, -0.05) is 36.1 Å². The van der Waals surface area contributed by atoms with Crippen molar-refractivity contribution in [2.45, 2.75) is 20.1 Å². The van der Waals surface area contributed by atoms with E-state index >= 15 is 0 Å². The number of aliphatic imine (C=N–C) groups is 1. The Hall–Kier alpha value is -3.53. The molecule has 0 aliphatic heterocycles. The molecule has 4 nitrogen and oxygen atoms in total. The van der Waals surface area contributed by atoms with Gasteiger partial charge < -0.3 is 14.4 Å². The van der Waals surface area contributed by atoms with E-state index in [1.54, 1.807) is 18.2 Å². The maximum absolute atomic E-state index is 7.65. The monoisotopic (exact) mass is 632 g/mol. The number of nitrogens with zero attached hydrogens (tertiary/aromatic N) is 3. The van der Waals surface area contributed by atoms with Gasteiger partial charge in [0.25, 0.3) is 0 Å². The molecule has 0 fully saturated rings. The standard InChI is InChI=1S/C18H15N2O.C11H10N.Ir/c1-11(2)10-19-13(4)14-6-5-7-15-16-9-8-12(3)20-18(16)21-17(14)15;1-2-6-10(7-3-1)11-8-4-5-9-12-11;/h5,7-10H,1,4H2,2-3H3;1-2,4-9H,3H2;/q2*-1;/i1D,2D3,3D3,4D;;. The third kappa shape index (κ3) is 5.87. The van der Waals surface area contributed by atoms with Crippen LogP contribution in [0.2, 0.25) is 0 Å². The largest absolute Gasteiger partial charge is 0.486 e. The minimum Gasteiger partial charge on any atom is -0.486 e. The van der Waals surface area contributed by atoms with Crippen molar-refractivity contribution in [1.82, 2.24) is 9.97 Å². The molecule has 5 rings (SSSR count). The Balaban J connectivity index is 0.000000310. The van der Waals surface area contributed by atoms with Crippen LogP contribution in [0, 0.1) is 19.3 Å². The maximum atomic E-state index is 7.65. The van der Waals surface area contributed by atoms with E-state index in [0.717, 1.165) is 24.9 Å². The van der Waals surface area contributed by atoms with Gasteiger partial charge in [-0.2, -0.15) is 18.1 Å². The average Bonchev–Trinajstić information content (AvgIpc) is 3.34. The molecule has 173 valence electrons. The molecule has 0 saturated heterocycles. The van der Waals surface area contributed by atoms with Gasteiger partial charge in [0.05, 0.1) is 6.95 Å². The zero-order chi connectivity index (χ0) is 29.6. The molecule has 1 aliphatic rings. The summed E-state index contributed by atoms with van der Waals surface area (Å²) in [4.78, 5) is 12.4. The number of hydrogen-bond donors (Lipinski definition) is 0. The van der Waals surface area contributed by atoms with Gasteiger partial charge in [-0.05, 0) is 48.9 Å². The number of furan rings is 1. The summed E-state index contributed by atoms with van der Waals surface area (Å²) in [5.41, 5.74) is 2.64. The molecule has 3 aromatic heterocycles. The quantitative estimate of drug-likeness (QED) is 0.175. The van der Waals surface area contributed by atoms with Crippen LogP contribution in [-0.2, 0) is 20.1 Å². The minimum absolute atomic E-state index is 0. The molecule has 1 radical (unpaired) electrons. The van der Waals surface area contributed by atoms with Crippen LogP contribution in [0.1, 0.15) is 41.2 Å². The Morgan fingerprint density at radius 1 is 1.26 bits per heavy atom. The molecule has 34 heavy (non-hydrogen) atoms. The van der Waals surface area contributed by atoms with Crippen molar-refractivity contribution < 1.29 is 35.5 Å². The van der Waals surface area contributed by atoms with E-state index < -0.39 is 13.7 Å². The Morgan fingerprint density at radius 2 is 2.24 bits per heavy atom. The number of pyridine rings is 2. The van der Waals surface area contributed by atoms with Crippen molar-refractivity contribution in [3.63, 3.8) is 0 Å². The average molecular weight is 632 g/mol. The Kier molecular flexibility index (Phi) is 5.49. The molecule has 0 N–H and O–H groups in total. The summed E-state index contributed by atoms with van der Waals surface area (Å²) in [7, 11) is 0. The number of fused-ring (bicyclic) bond motifs is 3. The first-order valence-corrected chi connectivity index (χ1v) is 10.1. The van der Waals surface area contributed by atoms with Gasteiger partial charge in [0.2, 0.25) is 5.71 Å². The third-order valence-electron chi connectivity index (χ3n) is 4.74. The number of aromatic nitrogens is 2. The molecule has 0 saturated carbocycles. The first-order chi connectivity index (χ1) is 19.5. The van der Waals surface area contributed by atoms with E-state index in [2.05, 4.69) is 45.7 Å². The van der Waals surface area contributed by atoms with Crippen molar-refractivity contribution in [3.8, 4) is 0 Å². The molecule has 3 heterocycles. The van der Waals surface area contributed by atoms with E-state index in [9.17, 15) is 0 Å². The van der Waals surface area contributed by atoms with Gasteiger partial charge in [0.1, 0.15) is 0 Å². The third-order valence-corrected chi connectivity index (χ3v) is 4.74. The molecule has 0 unspecified atom stereocenters. The molecule has 0 spiro atoms. The van der Waals surface area contributed by atoms with E-state index in [1.165, 1.54) is 11.6 Å². The fourth-order valence-corrected chi connectivity index (χ4v) is 3.25. The number of benzene rings is 1. The van der Waals surface area contributed by atoms with Crippen molar-refractivity contribution >= 4 is 39.6 Å². The summed E-state index contributed by atoms with van der Waals surface area (Å²) in [6, 6.07) is 15.2. The van der Waals surface area contributed by atoms with Gasteiger partial charge in [-0.25, -0.2) is 4.98 Å². The topological polar surface area (TPSA) is 51.3 Å². The second kappa shape index (κ2) is 11.6. The summed E-state index contributed by atoms with van der Waals surface area (Å²) < 4.78 is 65.2. The summed E-state index contributed by atoms with van der Waals surface area (Å²) in [6.07, 6.45) is 12.3. The summed E-state index contributed by atoms with van der Waals surface area (Å²) in [6.45, 7) is -3.29. The number of aryl methyl sites for hydroxylation is 1. The Morgan fingerprint density at radius 3 is 2.97 bits per heavy atom. The molecular weight excluding hydrogens is 599 g/mol. The minimum atomic E-state index is -2.51. The molecule has 0 amide bonds. The predicted molar refractivity (Wildman–Crippen MR) is 138 cm³/mol. The Labute approximate surface area is 225 Å². The summed E-state index contributed by atoms with van der Waals surface area (Å²) >= 11 is 0. The zero-order valence-corrected chi connectivity index (χ0v) is 20.3. The van der Waals surface area contributed by atoms with Gasteiger partial charge in [-0.15, -0.1) is 36.9 Å². The first kappa shape index (κ1) is 16.2. The SMILES string of the molecule is C1=CC[CH-]C(c2ccccn2)=C1.[2H]C=C(N=CC(=C[2H])C([2H])([2H])[2H])c1[c-]ccc2c1oc1nc(C([2H])([2H])[2H])ccc12.[Ir]. The molecule has 0 bridgehead atoms. The predicted octanol–water partition coefficient (Wildman–Crippen LogP) is 7.33. The van der Waals surface area contributed by atoms with E-state index in [0.29, 0.717) is 22.9 Å². The van der Waals surface area contributed by atoms with Crippen LogP contribution in [0.4, 0.5) is 0 Å². The van der Waals surface area contributed by atoms with Crippen LogP contribution in [0.25, 0.3) is 33.3 Å². The van der Waals surface area contributed by atoms with Gasteiger partial charge >= 0.3 is 0 Å². The molecular formula is C29H25IrN3O-2. The molecule has 5 heteroatoms. The van der Waals surface area contributed by atoms with Crippen LogP contribution in [0.3, 0.4) is 0 Å². The second-order valence-electron chi connectivity index (χ2n) is 7.05. The molecule has 1 aromatic carbocycles. The van der Waals surface area contributed by atoms with Crippen LogP contribution in [-0.4, -0.2) is 16.2 Å². The van der Waals surface area contributed by atoms with E-state index in [-0.39, 0.29) is 48.3 Å². The Bertz CT molecular complexity index is 1680.